The van der Waals surface area contributed by atoms with Gasteiger partial charge in [0.1, 0.15) is 0 Å². The predicted octanol–water partition coefficient (Wildman–Crippen LogP) is 5.58. The zero-order valence-electron chi connectivity index (χ0n) is 17.4. The number of nitrogens with zero attached hydrogens (tertiary/aromatic N) is 1. The second-order valence-corrected chi connectivity index (χ2v) is 7.87. The maximum atomic E-state index is 13.1. The standard InChI is InChI=1S/C22H20F6N2O2/c1-11-5-4-6-12(2)18(11)30-10-17(13(3)20(30)32)19(31)29-16-8-14(21(23,24)25)7-15(9-16)22(26,27)28/h4-9,13,17H,10H2,1-3H3,(H,29,31)/t13-,17+/m0/s1. The molecule has 0 aliphatic carbocycles. The molecule has 4 nitrogen and oxygen atoms in total. The lowest BCUT2D eigenvalue weighted by atomic mass is 9.96. The molecule has 0 aromatic heterocycles. The van der Waals surface area contributed by atoms with Gasteiger partial charge >= 0.3 is 12.4 Å². The molecule has 0 saturated carbocycles. The summed E-state index contributed by atoms with van der Waals surface area (Å²) in [7, 11) is 0. The van der Waals surface area contributed by atoms with Crippen LogP contribution in [0.3, 0.4) is 0 Å². The zero-order chi connectivity index (χ0) is 24.0. The number of hydrogen-bond donors (Lipinski definition) is 1. The molecule has 1 aliphatic rings. The molecule has 2 amide bonds. The molecule has 1 aliphatic heterocycles. The van der Waals surface area contributed by atoms with E-state index in [1.54, 1.807) is 26.0 Å². The van der Waals surface area contributed by atoms with Gasteiger partial charge in [0.15, 0.2) is 0 Å². The SMILES string of the molecule is Cc1cccc(C)c1N1C[C@@H](C(=O)Nc2cc(C(F)(F)F)cc(C(F)(F)F)c2)[C@H](C)C1=O. The lowest BCUT2D eigenvalue weighted by molar-refractivity contribution is -0.143. The number of rotatable bonds is 3. The first-order valence-corrected chi connectivity index (χ1v) is 9.68. The first-order chi connectivity index (χ1) is 14.7. The van der Waals surface area contributed by atoms with Crippen LogP contribution in [0.15, 0.2) is 36.4 Å². The van der Waals surface area contributed by atoms with Crippen molar-refractivity contribution in [3.8, 4) is 0 Å². The Balaban J connectivity index is 1.90. The molecule has 0 bridgehead atoms. The summed E-state index contributed by atoms with van der Waals surface area (Å²) in [5, 5.41) is 2.14. The van der Waals surface area contributed by atoms with Crippen LogP contribution in [0.5, 0.6) is 0 Å². The molecule has 1 saturated heterocycles. The van der Waals surface area contributed by atoms with Crippen molar-refractivity contribution in [3.05, 3.63) is 58.7 Å². The quantitative estimate of drug-likeness (QED) is 0.611. The first kappa shape index (κ1) is 23.6. The summed E-state index contributed by atoms with van der Waals surface area (Å²) < 4.78 is 78.4. The fourth-order valence-corrected chi connectivity index (χ4v) is 3.87. The minimum absolute atomic E-state index is 0.0138. The fourth-order valence-electron chi connectivity index (χ4n) is 3.87. The molecule has 2 aromatic rings. The maximum Gasteiger partial charge on any atom is 0.416 e. The molecular formula is C22H20F6N2O2. The molecule has 0 spiro atoms. The van der Waals surface area contributed by atoms with Crippen LogP contribution in [0.4, 0.5) is 37.7 Å². The average Bonchev–Trinajstić information content (AvgIpc) is 2.95. The highest BCUT2D eigenvalue weighted by Gasteiger charge is 2.43. The Morgan fingerprint density at radius 1 is 0.969 bits per heavy atom. The third kappa shape index (κ3) is 4.58. The van der Waals surface area contributed by atoms with Crippen LogP contribution in [0.2, 0.25) is 0 Å². The fraction of sp³-hybridized carbons (Fsp3) is 0.364. The van der Waals surface area contributed by atoms with Crippen molar-refractivity contribution in [1.82, 2.24) is 0 Å². The molecular weight excluding hydrogens is 438 g/mol. The van der Waals surface area contributed by atoms with Crippen LogP contribution in [0.1, 0.15) is 29.2 Å². The number of amides is 2. The van der Waals surface area contributed by atoms with E-state index in [0.717, 1.165) is 11.1 Å². The summed E-state index contributed by atoms with van der Waals surface area (Å²) in [5.41, 5.74) is -1.45. The molecule has 3 rings (SSSR count). The van der Waals surface area contributed by atoms with E-state index < -0.39 is 46.9 Å². The highest BCUT2D eigenvalue weighted by Crippen LogP contribution is 2.38. The Kier molecular flexibility index (Phi) is 6.01. The number of halogens is 6. The molecule has 0 unspecified atom stereocenters. The average molecular weight is 458 g/mol. The topological polar surface area (TPSA) is 49.4 Å². The molecule has 1 N–H and O–H groups in total. The number of para-hydroxylation sites is 1. The smallest absolute Gasteiger partial charge is 0.326 e. The van der Waals surface area contributed by atoms with E-state index in [4.69, 9.17) is 0 Å². The third-order valence-corrected chi connectivity index (χ3v) is 5.54. The van der Waals surface area contributed by atoms with Gasteiger partial charge in [0, 0.05) is 23.8 Å². The molecule has 2 aromatic carbocycles. The van der Waals surface area contributed by atoms with Crippen LogP contribution in [0.25, 0.3) is 0 Å². The Labute approximate surface area is 180 Å². The zero-order valence-corrected chi connectivity index (χ0v) is 17.4. The number of alkyl halides is 6. The van der Waals surface area contributed by atoms with Crippen molar-refractivity contribution in [2.75, 3.05) is 16.8 Å². The van der Waals surface area contributed by atoms with Gasteiger partial charge in [-0.05, 0) is 43.2 Å². The summed E-state index contributed by atoms with van der Waals surface area (Å²) in [5.74, 6) is -2.93. The van der Waals surface area contributed by atoms with E-state index in [1.165, 1.54) is 11.8 Å². The van der Waals surface area contributed by atoms with E-state index in [-0.39, 0.29) is 18.5 Å². The Hall–Kier alpha value is -3.04. The number of carbonyl (C=O) groups excluding carboxylic acids is 2. The Morgan fingerprint density at radius 3 is 1.94 bits per heavy atom. The highest BCUT2D eigenvalue weighted by molar-refractivity contribution is 6.05. The normalized spacial score (nSPS) is 19.4. The minimum atomic E-state index is -5.03. The van der Waals surface area contributed by atoms with Gasteiger partial charge in [0.25, 0.3) is 0 Å². The predicted molar refractivity (Wildman–Crippen MR) is 106 cm³/mol. The van der Waals surface area contributed by atoms with Gasteiger partial charge in [-0.2, -0.15) is 26.3 Å². The highest BCUT2D eigenvalue weighted by atomic mass is 19.4. The number of anilines is 2. The Bertz CT molecular complexity index is 1010. The van der Waals surface area contributed by atoms with Crippen molar-refractivity contribution < 1.29 is 35.9 Å². The van der Waals surface area contributed by atoms with Gasteiger partial charge in [-0.1, -0.05) is 25.1 Å². The van der Waals surface area contributed by atoms with Gasteiger partial charge in [-0.25, -0.2) is 0 Å². The van der Waals surface area contributed by atoms with Gasteiger partial charge < -0.3 is 10.2 Å². The lowest BCUT2D eigenvalue weighted by Crippen LogP contribution is -2.29. The summed E-state index contributed by atoms with van der Waals surface area (Å²) in [6.45, 7) is 5.07. The lowest BCUT2D eigenvalue weighted by Gasteiger charge is -2.21. The largest absolute Gasteiger partial charge is 0.416 e. The van der Waals surface area contributed by atoms with Crippen molar-refractivity contribution in [3.63, 3.8) is 0 Å². The second-order valence-electron chi connectivity index (χ2n) is 7.87. The van der Waals surface area contributed by atoms with Gasteiger partial charge in [0.2, 0.25) is 11.8 Å². The molecule has 1 heterocycles. The van der Waals surface area contributed by atoms with E-state index in [2.05, 4.69) is 5.32 Å². The van der Waals surface area contributed by atoms with Crippen LogP contribution in [0, 0.1) is 25.7 Å². The van der Waals surface area contributed by atoms with Gasteiger partial charge in [-0.15, -0.1) is 0 Å². The third-order valence-electron chi connectivity index (χ3n) is 5.54. The molecule has 2 atom stereocenters. The molecule has 1 fully saturated rings. The first-order valence-electron chi connectivity index (χ1n) is 9.68. The Morgan fingerprint density at radius 2 is 1.47 bits per heavy atom. The van der Waals surface area contributed by atoms with E-state index in [0.29, 0.717) is 17.8 Å². The number of nitrogens with one attached hydrogen (secondary N) is 1. The summed E-state index contributed by atoms with van der Waals surface area (Å²) in [6, 6.07) is 6.29. The molecule has 0 radical (unpaired) electrons. The molecule has 32 heavy (non-hydrogen) atoms. The molecule has 10 heteroatoms. The second kappa shape index (κ2) is 8.14. The number of carbonyl (C=O) groups is 2. The van der Waals surface area contributed by atoms with Crippen LogP contribution in [-0.4, -0.2) is 18.4 Å². The van der Waals surface area contributed by atoms with E-state index in [1.807, 2.05) is 6.07 Å². The van der Waals surface area contributed by atoms with Crippen molar-refractivity contribution in [1.29, 1.82) is 0 Å². The van der Waals surface area contributed by atoms with E-state index >= 15 is 0 Å². The van der Waals surface area contributed by atoms with Crippen molar-refractivity contribution in [2.45, 2.75) is 33.1 Å². The van der Waals surface area contributed by atoms with Crippen molar-refractivity contribution in [2.24, 2.45) is 11.8 Å². The summed E-state index contributed by atoms with van der Waals surface area (Å²) in [6.07, 6.45) is -10.1. The van der Waals surface area contributed by atoms with Crippen LogP contribution in [-0.2, 0) is 21.9 Å². The number of hydrogen-bond acceptors (Lipinski definition) is 2. The van der Waals surface area contributed by atoms with Crippen LogP contribution < -0.4 is 10.2 Å². The summed E-state index contributed by atoms with van der Waals surface area (Å²) >= 11 is 0. The van der Waals surface area contributed by atoms with Gasteiger partial charge in [-0.3, -0.25) is 9.59 Å². The summed E-state index contributed by atoms with van der Waals surface area (Å²) in [4.78, 5) is 27.0. The van der Waals surface area contributed by atoms with Gasteiger partial charge in [0.05, 0.1) is 17.0 Å². The number of aryl methyl sites for hydroxylation is 2. The maximum absolute atomic E-state index is 13.1. The van der Waals surface area contributed by atoms with Crippen molar-refractivity contribution >= 4 is 23.2 Å². The molecule has 172 valence electrons. The minimum Gasteiger partial charge on any atom is -0.326 e. The monoisotopic (exact) mass is 458 g/mol. The number of benzene rings is 2. The van der Waals surface area contributed by atoms with E-state index in [9.17, 15) is 35.9 Å². The van der Waals surface area contributed by atoms with Crippen LogP contribution >= 0.6 is 0 Å².